The molecule has 1 rings (SSSR count). The fraction of sp³-hybridized carbons (Fsp3) is 0.250. The molecule has 0 aliphatic heterocycles. The Morgan fingerprint density at radius 2 is 2.24 bits per heavy atom. The van der Waals surface area contributed by atoms with Gasteiger partial charge < -0.3 is 15.0 Å². The zero-order valence-electron chi connectivity index (χ0n) is 10.0. The van der Waals surface area contributed by atoms with Crippen LogP contribution in [0.4, 0.5) is 0 Å². The summed E-state index contributed by atoms with van der Waals surface area (Å²) in [6.45, 7) is 2.20. The summed E-state index contributed by atoms with van der Waals surface area (Å²) in [6, 6.07) is 7.64. The van der Waals surface area contributed by atoms with Crippen LogP contribution >= 0.6 is 0 Å². The first-order valence-electron chi connectivity index (χ1n) is 5.39. The number of rotatable bonds is 5. The Balaban J connectivity index is 2.77. The van der Waals surface area contributed by atoms with Gasteiger partial charge in [-0.05, 0) is 24.0 Å². The number of nitrogens with one attached hydrogen (secondary N) is 1. The second-order valence-corrected chi connectivity index (χ2v) is 3.61. The van der Waals surface area contributed by atoms with Gasteiger partial charge >= 0.3 is 13.0 Å². The Morgan fingerprint density at radius 1 is 1.53 bits per heavy atom. The van der Waals surface area contributed by atoms with Crippen LogP contribution < -0.4 is 5.23 Å². The van der Waals surface area contributed by atoms with Crippen LogP contribution in [0, 0.1) is 0 Å². The molecule has 0 unspecified atom stereocenters. The zero-order chi connectivity index (χ0) is 12.7. The molecule has 90 valence electrons. The van der Waals surface area contributed by atoms with Crippen LogP contribution in [0.2, 0.25) is 6.82 Å². The lowest BCUT2D eigenvalue weighted by Gasteiger charge is -2.07. The molecular weight excluding hydrogens is 217 g/mol. The zero-order valence-corrected chi connectivity index (χ0v) is 10.0. The van der Waals surface area contributed by atoms with Gasteiger partial charge in [0.2, 0.25) is 0 Å². The van der Waals surface area contributed by atoms with Gasteiger partial charge in [-0.25, -0.2) is 4.79 Å². The smallest absolute Gasteiger partial charge is 0.373 e. The number of hydrogen-bond acceptors (Lipinski definition) is 4. The molecule has 1 aromatic rings. The van der Waals surface area contributed by atoms with Crippen molar-refractivity contribution >= 4 is 19.1 Å². The van der Waals surface area contributed by atoms with Crippen LogP contribution in [0.3, 0.4) is 0 Å². The largest absolute Gasteiger partial charge is 0.466 e. The summed E-state index contributed by atoms with van der Waals surface area (Å²) < 4.78 is 4.53. The van der Waals surface area contributed by atoms with Gasteiger partial charge in [0, 0.05) is 12.6 Å². The molecule has 0 spiro atoms. The number of esters is 1. The normalized spacial score (nSPS) is 10.5. The lowest BCUT2D eigenvalue weighted by molar-refractivity contribution is -0.134. The molecule has 0 aliphatic carbocycles. The summed E-state index contributed by atoms with van der Waals surface area (Å²) in [5, 5.41) is 12.1. The Morgan fingerprint density at radius 3 is 2.88 bits per heavy atom. The van der Waals surface area contributed by atoms with Crippen molar-refractivity contribution in [1.29, 1.82) is 0 Å². The van der Waals surface area contributed by atoms with Crippen LogP contribution in [0.5, 0.6) is 0 Å². The van der Waals surface area contributed by atoms with Crippen molar-refractivity contribution in [2.75, 3.05) is 7.11 Å². The minimum absolute atomic E-state index is 0.386. The van der Waals surface area contributed by atoms with E-state index in [9.17, 15) is 4.79 Å². The molecule has 1 aromatic carbocycles. The lowest BCUT2D eigenvalue weighted by Crippen LogP contribution is -2.29. The summed E-state index contributed by atoms with van der Waals surface area (Å²) in [5.74, 6) is -0.386. The van der Waals surface area contributed by atoms with Gasteiger partial charge in [-0.3, -0.25) is 0 Å². The molecule has 0 radical (unpaired) electrons. The molecule has 0 amide bonds. The van der Waals surface area contributed by atoms with Crippen LogP contribution in [-0.4, -0.2) is 25.2 Å². The highest BCUT2D eigenvalue weighted by Crippen LogP contribution is 2.10. The molecule has 0 bridgehead atoms. The minimum atomic E-state index is -0.562. The molecule has 0 saturated carbocycles. The number of benzene rings is 1. The third-order valence-corrected chi connectivity index (χ3v) is 2.24. The maximum Gasteiger partial charge on any atom is 0.373 e. The van der Waals surface area contributed by atoms with Crippen molar-refractivity contribution in [3.8, 4) is 0 Å². The van der Waals surface area contributed by atoms with E-state index in [1.807, 2.05) is 24.3 Å². The van der Waals surface area contributed by atoms with E-state index in [4.69, 9.17) is 5.02 Å². The molecule has 0 fully saturated rings. The van der Waals surface area contributed by atoms with Crippen molar-refractivity contribution in [2.45, 2.75) is 13.4 Å². The number of carbonyl (C=O) groups is 1. The second-order valence-electron chi connectivity index (χ2n) is 3.61. The first-order valence-corrected chi connectivity index (χ1v) is 5.39. The van der Waals surface area contributed by atoms with Crippen LogP contribution in [-0.2, 0) is 16.1 Å². The molecule has 0 heterocycles. The minimum Gasteiger partial charge on any atom is -0.466 e. The van der Waals surface area contributed by atoms with Gasteiger partial charge in [-0.15, -0.1) is 0 Å². The van der Waals surface area contributed by atoms with Crippen molar-refractivity contribution in [3.05, 3.63) is 41.5 Å². The van der Waals surface area contributed by atoms with Crippen LogP contribution in [0.1, 0.15) is 11.1 Å². The molecule has 17 heavy (non-hydrogen) atoms. The standard InChI is InChI=1S/C12H16BNO3/c1-13(16)14-9-11-6-4-3-5-10(11)7-8-12(15)17-2/h3-8,14,16H,9H2,1-2H3/b8-7+. The predicted molar refractivity (Wildman–Crippen MR) is 68.2 cm³/mol. The Labute approximate surface area is 101 Å². The van der Waals surface area contributed by atoms with Gasteiger partial charge in [-0.2, -0.15) is 0 Å². The Kier molecular flexibility index (Phi) is 5.46. The van der Waals surface area contributed by atoms with E-state index < -0.39 is 7.05 Å². The highest BCUT2D eigenvalue weighted by molar-refractivity contribution is 6.45. The van der Waals surface area contributed by atoms with E-state index >= 15 is 0 Å². The molecule has 2 N–H and O–H groups in total. The number of ether oxygens (including phenoxy) is 1. The summed E-state index contributed by atoms with van der Waals surface area (Å²) in [5.41, 5.74) is 1.93. The van der Waals surface area contributed by atoms with Gasteiger partial charge in [0.15, 0.2) is 0 Å². The SMILES string of the molecule is COC(=O)/C=C/c1ccccc1CNB(C)O. The summed E-state index contributed by atoms with van der Waals surface area (Å²) in [6.07, 6.45) is 3.08. The summed E-state index contributed by atoms with van der Waals surface area (Å²) in [7, 11) is 0.778. The maximum atomic E-state index is 11.0. The predicted octanol–water partition coefficient (Wildman–Crippen LogP) is 1.07. The van der Waals surface area contributed by atoms with E-state index in [0.29, 0.717) is 6.54 Å². The molecular formula is C12H16BNO3. The lowest BCUT2D eigenvalue weighted by atomic mass is 9.88. The van der Waals surface area contributed by atoms with Crippen molar-refractivity contribution in [2.24, 2.45) is 0 Å². The summed E-state index contributed by atoms with van der Waals surface area (Å²) in [4.78, 5) is 11.0. The van der Waals surface area contributed by atoms with E-state index in [1.165, 1.54) is 13.2 Å². The van der Waals surface area contributed by atoms with Crippen molar-refractivity contribution in [3.63, 3.8) is 0 Å². The second kappa shape index (κ2) is 6.88. The monoisotopic (exact) mass is 233 g/mol. The van der Waals surface area contributed by atoms with Crippen LogP contribution in [0.15, 0.2) is 30.3 Å². The van der Waals surface area contributed by atoms with E-state index in [0.717, 1.165) is 11.1 Å². The first kappa shape index (κ1) is 13.5. The van der Waals surface area contributed by atoms with E-state index in [2.05, 4.69) is 9.96 Å². The van der Waals surface area contributed by atoms with Crippen LogP contribution in [0.25, 0.3) is 6.08 Å². The number of carbonyl (C=O) groups excluding carboxylic acids is 1. The fourth-order valence-electron chi connectivity index (χ4n) is 1.34. The average molecular weight is 233 g/mol. The third kappa shape index (κ3) is 4.84. The molecule has 0 atom stereocenters. The quantitative estimate of drug-likeness (QED) is 0.453. The highest BCUT2D eigenvalue weighted by Gasteiger charge is 2.04. The average Bonchev–Trinajstić information content (AvgIpc) is 2.34. The van der Waals surface area contributed by atoms with Gasteiger partial charge in [0.05, 0.1) is 7.11 Å². The Hall–Kier alpha value is -1.59. The third-order valence-electron chi connectivity index (χ3n) is 2.24. The molecule has 0 aliphatic rings. The number of hydrogen-bond donors (Lipinski definition) is 2. The fourth-order valence-corrected chi connectivity index (χ4v) is 1.34. The molecule has 0 saturated heterocycles. The van der Waals surface area contributed by atoms with E-state index in [-0.39, 0.29) is 5.97 Å². The molecule has 5 heteroatoms. The maximum absolute atomic E-state index is 11.0. The number of methoxy groups -OCH3 is 1. The van der Waals surface area contributed by atoms with Crippen molar-refractivity contribution in [1.82, 2.24) is 5.23 Å². The van der Waals surface area contributed by atoms with Crippen molar-refractivity contribution < 1.29 is 14.6 Å². The van der Waals surface area contributed by atoms with Gasteiger partial charge in [0.1, 0.15) is 0 Å². The Bertz CT molecular complexity index is 404. The highest BCUT2D eigenvalue weighted by atomic mass is 16.5. The van der Waals surface area contributed by atoms with E-state index in [1.54, 1.807) is 12.9 Å². The molecule has 0 aromatic heterocycles. The van der Waals surface area contributed by atoms with Gasteiger partial charge in [0.25, 0.3) is 0 Å². The first-order chi connectivity index (χ1) is 8.13. The topological polar surface area (TPSA) is 58.6 Å². The molecule has 4 nitrogen and oxygen atoms in total. The van der Waals surface area contributed by atoms with Gasteiger partial charge in [-0.1, -0.05) is 24.3 Å². The summed E-state index contributed by atoms with van der Waals surface area (Å²) >= 11 is 0.